The van der Waals surface area contributed by atoms with Crippen LogP contribution in [0.3, 0.4) is 0 Å². The lowest BCUT2D eigenvalue weighted by Gasteiger charge is -2.17. The smallest absolute Gasteiger partial charge is 0.323 e. The van der Waals surface area contributed by atoms with Gasteiger partial charge in [0.15, 0.2) is 0 Å². The average Bonchev–Trinajstić information content (AvgIpc) is 2.79. The molecule has 0 amide bonds. The number of para-hydroxylation sites is 1. The van der Waals surface area contributed by atoms with Crippen LogP contribution in [-0.2, 0) is 9.53 Å². The molecular formula is C13H16N2O2. The monoisotopic (exact) mass is 232 g/mol. The molecule has 1 aromatic heterocycles. The summed E-state index contributed by atoms with van der Waals surface area (Å²) >= 11 is 0. The zero-order valence-corrected chi connectivity index (χ0v) is 9.94. The van der Waals surface area contributed by atoms with Crippen molar-refractivity contribution in [1.29, 1.82) is 0 Å². The third-order valence-electron chi connectivity index (χ3n) is 3.12. The molecule has 2 unspecified atom stereocenters. The molecule has 0 aliphatic rings. The van der Waals surface area contributed by atoms with Crippen LogP contribution in [0.1, 0.15) is 18.4 Å². The average molecular weight is 232 g/mol. The van der Waals surface area contributed by atoms with Gasteiger partial charge in [-0.1, -0.05) is 25.1 Å². The Bertz CT molecular complexity index is 533. The molecule has 3 N–H and O–H groups in total. The third kappa shape index (κ3) is 2.03. The molecule has 0 saturated carbocycles. The van der Waals surface area contributed by atoms with Crippen molar-refractivity contribution in [2.75, 3.05) is 7.11 Å². The van der Waals surface area contributed by atoms with Crippen LogP contribution < -0.4 is 5.73 Å². The van der Waals surface area contributed by atoms with E-state index in [4.69, 9.17) is 5.73 Å². The molecule has 0 saturated heterocycles. The van der Waals surface area contributed by atoms with E-state index in [9.17, 15) is 4.79 Å². The Morgan fingerprint density at radius 1 is 1.41 bits per heavy atom. The second-order valence-corrected chi connectivity index (χ2v) is 4.13. The molecule has 4 heteroatoms. The normalized spacial score (nSPS) is 14.5. The Morgan fingerprint density at radius 3 is 2.82 bits per heavy atom. The van der Waals surface area contributed by atoms with Crippen LogP contribution in [0.5, 0.6) is 0 Å². The molecule has 0 bridgehead atoms. The van der Waals surface area contributed by atoms with E-state index >= 15 is 0 Å². The number of benzene rings is 1. The molecule has 2 rings (SSSR count). The van der Waals surface area contributed by atoms with Crippen LogP contribution in [0.4, 0.5) is 0 Å². The van der Waals surface area contributed by atoms with E-state index in [-0.39, 0.29) is 11.9 Å². The molecule has 0 fully saturated rings. The molecule has 2 atom stereocenters. The van der Waals surface area contributed by atoms with Crippen molar-refractivity contribution >= 4 is 16.9 Å². The first-order chi connectivity index (χ1) is 8.15. The van der Waals surface area contributed by atoms with E-state index in [0.717, 1.165) is 16.5 Å². The number of esters is 1. The van der Waals surface area contributed by atoms with Gasteiger partial charge in [-0.2, -0.15) is 0 Å². The van der Waals surface area contributed by atoms with E-state index in [1.807, 2.05) is 37.4 Å². The predicted octanol–water partition coefficient (Wildman–Crippen LogP) is 1.77. The second-order valence-electron chi connectivity index (χ2n) is 4.13. The summed E-state index contributed by atoms with van der Waals surface area (Å²) in [6, 6.07) is 7.31. The van der Waals surface area contributed by atoms with Gasteiger partial charge in [-0.15, -0.1) is 0 Å². The summed E-state index contributed by atoms with van der Waals surface area (Å²) in [5.41, 5.74) is 7.95. The van der Waals surface area contributed by atoms with Crippen molar-refractivity contribution in [2.24, 2.45) is 5.73 Å². The molecule has 0 radical (unpaired) electrons. The fourth-order valence-electron chi connectivity index (χ4n) is 2.00. The first-order valence-corrected chi connectivity index (χ1v) is 5.54. The van der Waals surface area contributed by atoms with Crippen molar-refractivity contribution in [1.82, 2.24) is 4.98 Å². The van der Waals surface area contributed by atoms with Gasteiger partial charge in [0.05, 0.1) is 7.11 Å². The summed E-state index contributed by atoms with van der Waals surface area (Å²) in [6.45, 7) is 1.93. The van der Waals surface area contributed by atoms with Gasteiger partial charge in [0.2, 0.25) is 0 Å². The third-order valence-corrected chi connectivity index (χ3v) is 3.12. The lowest BCUT2D eigenvalue weighted by molar-refractivity contribution is -0.142. The van der Waals surface area contributed by atoms with Gasteiger partial charge in [0.25, 0.3) is 0 Å². The minimum Gasteiger partial charge on any atom is -0.468 e. The van der Waals surface area contributed by atoms with Crippen LogP contribution in [0.2, 0.25) is 0 Å². The van der Waals surface area contributed by atoms with E-state index in [1.165, 1.54) is 7.11 Å². The Morgan fingerprint density at radius 2 is 2.12 bits per heavy atom. The number of methoxy groups -OCH3 is 1. The van der Waals surface area contributed by atoms with E-state index in [1.54, 1.807) is 0 Å². The van der Waals surface area contributed by atoms with E-state index in [0.29, 0.717) is 0 Å². The molecule has 90 valence electrons. The summed E-state index contributed by atoms with van der Waals surface area (Å²) in [5.74, 6) is -0.471. The lowest BCUT2D eigenvalue weighted by atomic mass is 9.93. The highest BCUT2D eigenvalue weighted by Gasteiger charge is 2.24. The summed E-state index contributed by atoms with van der Waals surface area (Å²) in [5, 5.41) is 1.10. The van der Waals surface area contributed by atoms with Gasteiger partial charge in [-0.25, -0.2) is 0 Å². The van der Waals surface area contributed by atoms with Crippen molar-refractivity contribution in [3.8, 4) is 0 Å². The first-order valence-electron chi connectivity index (χ1n) is 5.54. The standard InChI is InChI=1S/C13H16N2O2/c1-8(12(14)13(16)17-2)10-7-15-11-6-4-3-5-9(10)11/h3-8,12,15H,14H2,1-2H3. The number of ether oxygens (including phenoxy) is 1. The predicted molar refractivity (Wildman–Crippen MR) is 66.7 cm³/mol. The zero-order valence-electron chi connectivity index (χ0n) is 9.94. The number of carbonyl (C=O) groups excluding carboxylic acids is 1. The van der Waals surface area contributed by atoms with Gasteiger partial charge in [0, 0.05) is 23.0 Å². The SMILES string of the molecule is COC(=O)C(N)C(C)c1c[nH]c2ccccc12. The van der Waals surface area contributed by atoms with Crippen molar-refractivity contribution in [3.05, 3.63) is 36.0 Å². The number of nitrogens with two attached hydrogens (primary N) is 1. The molecule has 0 spiro atoms. The second kappa shape index (κ2) is 4.59. The van der Waals surface area contributed by atoms with Crippen molar-refractivity contribution in [3.63, 3.8) is 0 Å². The fraction of sp³-hybridized carbons (Fsp3) is 0.308. The van der Waals surface area contributed by atoms with Gasteiger partial charge in [-0.3, -0.25) is 4.79 Å². The minimum absolute atomic E-state index is 0.0846. The Kier molecular flexibility index (Phi) is 3.15. The van der Waals surface area contributed by atoms with Crippen molar-refractivity contribution in [2.45, 2.75) is 18.9 Å². The van der Waals surface area contributed by atoms with Crippen LogP contribution >= 0.6 is 0 Å². The van der Waals surface area contributed by atoms with Crippen LogP contribution in [0.25, 0.3) is 10.9 Å². The van der Waals surface area contributed by atoms with Crippen LogP contribution in [0.15, 0.2) is 30.5 Å². The van der Waals surface area contributed by atoms with Gasteiger partial charge in [-0.05, 0) is 11.6 Å². The summed E-state index contributed by atoms with van der Waals surface area (Å²) in [7, 11) is 1.35. The fourth-order valence-corrected chi connectivity index (χ4v) is 2.00. The van der Waals surface area contributed by atoms with E-state index in [2.05, 4.69) is 9.72 Å². The maximum Gasteiger partial charge on any atom is 0.323 e. The van der Waals surface area contributed by atoms with Crippen LogP contribution in [0, 0.1) is 0 Å². The lowest BCUT2D eigenvalue weighted by Crippen LogP contribution is -2.36. The summed E-state index contributed by atoms with van der Waals surface area (Å²) in [6.07, 6.45) is 1.90. The van der Waals surface area contributed by atoms with E-state index < -0.39 is 6.04 Å². The van der Waals surface area contributed by atoms with Gasteiger partial charge < -0.3 is 15.5 Å². The quantitative estimate of drug-likeness (QED) is 0.792. The largest absolute Gasteiger partial charge is 0.468 e. The molecule has 1 aromatic carbocycles. The number of carbonyl (C=O) groups is 1. The Labute approximate surface area is 99.8 Å². The van der Waals surface area contributed by atoms with Gasteiger partial charge in [0.1, 0.15) is 6.04 Å². The first kappa shape index (κ1) is 11.7. The highest BCUT2D eigenvalue weighted by atomic mass is 16.5. The minimum atomic E-state index is -0.640. The molecular weight excluding hydrogens is 216 g/mol. The highest BCUT2D eigenvalue weighted by Crippen LogP contribution is 2.27. The summed E-state index contributed by atoms with van der Waals surface area (Å²) < 4.78 is 4.67. The number of aromatic nitrogens is 1. The Hall–Kier alpha value is -1.81. The maximum atomic E-state index is 11.4. The molecule has 0 aliphatic carbocycles. The Balaban J connectivity index is 2.36. The maximum absolute atomic E-state index is 11.4. The zero-order chi connectivity index (χ0) is 12.4. The van der Waals surface area contributed by atoms with Crippen molar-refractivity contribution < 1.29 is 9.53 Å². The number of rotatable bonds is 3. The summed E-state index contributed by atoms with van der Waals surface area (Å²) in [4.78, 5) is 14.6. The number of hydrogen-bond donors (Lipinski definition) is 2. The highest BCUT2D eigenvalue weighted by molar-refractivity contribution is 5.85. The topological polar surface area (TPSA) is 68.1 Å². The molecule has 1 heterocycles. The molecule has 2 aromatic rings. The molecule has 17 heavy (non-hydrogen) atoms. The molecule has 4 nitrogen and oxygen atoms in total. The number of H-pyrrole nitrogens is 1. The molecule has 0 aliphatic heterocycles. The number of aromatic amines is 1. The van der Waals surface area contributed by atoms with Gasteiger partial charge >= 0.3 is 5.97 Å². The van der Waals surface area contributed by atoms with Crippen LogP contribution in [-0.4, -0.2) is 24.1 Å². The number of fused-ring (bicyclic) bond motifs is 1. The number of hydrogen-bond acceptors (Lipinski definition) is 3. The number of nitrogens with one attached hydrogen (secondary N) is 1.